The number of nitrogens with zero attached hydrogens (tertiary/aromatic N) is 2. The van der Waals surface area contributed by atoms with Crippen LogP contribution in [0.5, 0.6) is 5.75 Å². The largest absolute Gasteiger partial charge is 0.493 e. The smallest absolute Gasteiger partial charge is 0.269 e. The third-order valence-electron chi connectivity index (χ3n) is 3.54. The summed E-state index contributed by atoms with van der Waals surface area (Å²) in [6, 6.07) is 15.2. The molecule has 0 atom stereocenters. The van der Waals surface area contributed by atoms with Gasteiger partial charge >= 0.3 is 0 Å². The molecule has 24 heavy (non-hydrogen) atoms. The molecule has 3 rings (SSSR count). The van der Waals surface area contributed by atoms with Gasteiger partial charge in [0.2, 0.25) is 0 Å². The van der Waals surface area contributed by atoms with Crippen LogP contribution in [0.15, 0.2) is 52.9 Å². The lowest BCUT2D eigenvalue weighted by molar-refractivity contribution is -0.384. The molecule has 2 aromatic carbocycles. The maximum Gasteiger partial charge on any atom is 0.269 e. The minimum Gasteiger partial charge on any atom is -0.493 e. The predicted octanol–water partition coefficient (Wildman–Crippen LogP) is 4.41. The van der Waals surface area contributed by atoms with E-state index in [4.69, 9.17) is 9.15 Å². The first-order chi connectivity index (χ1) is 11.6. The van der Waals surface area contributed by atoms with E-state index >= 15 is 0 Å². The first kappa shape index (κ1) is 15.3. The van der Waals surface area contributed by atoms with Crippen LogP contribution in [-0.2, 0) is 0 Å². The van der Waals surface area contributed by atoms with Crippen LogP contribution in [0, 0.1) is 21.4 Å². The van der Waals surface area contributed by atoms with Crippen molar-refractivity contribution in [1.29, 1.82) is 5.26 Å². The number of nitriles is 1. The van der Waals surface area contributed by atoms with Crippen molar-refractivity contribution >= 4 is 28.3 Å². The second kappa shape index (κ2) is 6.26. The Morgan fingerprint density at radius 2 is 2.04 bits per heavy atom. The van der Waals surface area contributed by atoms with E-state index in [0.29, 0.717) is 28.2 Å². The van der Waals surface area contributed by atoms with Crippen LogP contribution < -0.4 is 4.74 Å². The molecule has 0 aliphatic carbocycles. The van der Waals surface area contributed by atoms with Crippen molar-refractivity contribution in [2.24, 2.45) is 0 Å². The van der Waals surface area contributed by atoms with Gasteiger partial charge in [-0.3, -0.25) is 10.1 Å². The summed E-state index contributed by atoms with van der Waals surface area (Å²) in [5.41, 5.74) is 1.51. The maximum absolute atomic E-state index is 10.7. The fraction of sp³-hybridized carbons (Fsp3) is 0.0556. The number of methoxy groups -OCH3 is 1. The molecule has 1 heterocycles. The molecule has 0 aliphatic rings. The molecule has 0 aliphatic heterocycles. The van der Waals surface area contributed by atoms with E-state index < -0.39 is 4.92 Å². The molecule has 118 valence electrons. The first-order valence-electron chi connectivity index (χ1n) is 7.05. The molecule has 0 amide bonds. The third-order valence-corrected chi connectivity index (χ3v) is 3.54. The van der Waals surface area contributed by atoms with Crippen molar-refractivity contribution in [2.45, 2.75) is 0 Å². The zero-order chi connectivity index (χ0) is 17.1. The van der Waals surface area contributed by atoms with Crippen LogP contribution in [0.2, 0.25) is 0 Å². The maximum atomic E-state index is 10.7. The standard InChI is InChI=1S/C18H12N2O4/c1-23-17-4-2-3-13-9-16(24-18(13)17)10-14(11-19)12-5-7-15(8-6-12)20(21)22/h2-10H,1H3/b14-10-. The van der Waals surface area contributed by atoms with Crippen molar-refractivity contribution in [3.63, 3.8) is 0 Å². The number of hydrogen-bond donors (Lipinski definition) is 0. The van der Waals surface area contributed by atoms with Crippen molar-refractivity contribution in [1.82, 2.24) is 0 Å². The van der Waals surface area contributed by atoms with E-state index in [1.165, 1.54) is 24.3 Å². The minimum absolute atomic E-state index is 0.0236. The second-order valence-corrected chi connectivity index (χ2v) is 5.00. The summed E-state index contributed by atoms with van der Waals surface area (Å²) in [4.78, 5) is 10.2. The van der Waals surface area contributed by atoms with Gasteiger partial charge in [-0.1, -0.05) is 12.1 Å². The van der Waals surface area contributed by atoms with Crippen molar-refractivity contribution < 1.29 is 14.1 Å². The fourth-order valence-corrected chi connectivity index (χ4v) is 2.37. The molecule has 0 radical (unpaired) electrons. The van der Waals surface area contributed by atoms with Gasteiger partial charge in [-0.25, -0.2) is 0 Å². The number of rotatable bonds is 4. The quantitative estimate of drug-likeness (QED) is 0.403. The Hall–Kier alpha value is -3.59. The van der Waals surface area contributed by atoms with Crippen molar-refractivity contribution in [2.75, 3.05) is 7.11 Å². The zero-order valence-corrected chi connectivity index (χ0v) is 12.7. The topological polar surface area (TPSA) is 89.3 Å². The fourth-order valence-electron chi connectivity index (χ4n) is 2.37. The lowest BCUT2D eigenvalue weighted by Gasteiger charge is -1.99. The highest BCUT2D eigenvalue weighted by atomic mass is 16.6. The zero-order valence-electron chi connectivity index (χ0n) is 12.7. The molecule has 3 aromatic rings. The summed E-state index contributed by atoms with van der Waals surface area (Å²) in [6.07, 6.45) is 1.60. The molecule has 6 heteroatoms. The van der Waals surface area contributed by atoms with E-state index in [0.717, 1.165) is 5.39 Å². The Morgan fingerprint density at radius 3 is 2.67 bits per heavy atom. The van der Waals surface area contributed by atoms with Gasteiger partial charge in [-0.15, -0.1) is 0 Å². The van der Waals surface area contributed by atoms with Crippen LogP contribution in [0.3, 0.4) is 0 Å². The number of allylic oxidation sites excluding steroid dienone is 1. The average Bonchev–Trinajstić information content (AvgIpc) is 3.02. The van der Waals surface area contributed by atoms with Gasteiger partial charge < -0.3 is 9.15 Å². The Labute approximate surface area is 137 Å². The molecule has 0 fully saturated rings. The first-order valence-corrected chi connectivity index (χ1v) is 7.05. The van der Waals surface area contributed by atoms with Gasteiger partial charge in [0.15, 0.2) is 11.3 Å². The Bertz CT molecular complexity index is 978. The van der Waals surface area contributed by atoms with E-state index in [1.54, 1.807) is 25.3 Å². The van der Waals surface area contributed by atoms with Gasteiger partial charge in [0, 0.05) is 17.5 Å². The van der Waals surface area contributed by atoms with Gasteiger partial charge in [0.25, 0.3) is 5.69 Å². The summed E-state index contributed by atoms with van der Waals surface area (Å²) in [6.45, 7) is 0. The van der Waals surface area contributed by atoms with E-state index in [1.807, 2.05) is 12.1 Å². The number of fused-ring (bicyclic) bond motifs is 1. The average molecular weight is 320 g/mol. The van der Waals surface area contributed by atoms with Crippen molar-refractivity contribution in [3.8, 4) is 11.8 Å². The molecule has 0 unspecified atom stereocenters. The van der Waals surface area contributed by atoms with Crippen molar-refractivity contribution in [3.05, 3.63) is 70.0 Å². The lowest BCUT2D eigenvalue weighted by atomic mass is 10.1. The summed E-state index contributed by atoms with van der Waals surface area (Å²) < 4.78 is 11.0. The van der Waals surface area contributed by atoms with E-state index in [-0.39, 0.29) is 5.69 Å². The molecule has 6 nitrogen and oxygen atoms in total. The Kier molecular flexibility index (Phi) is 4.00. The number of nitro benzene ring substituents is 1. The van der Waals surface area contributed by atoms with E-state index in [2.05, 4.69) is 6.07 Å². The van der Waals surface area contributed by atoms with Gasteiger partial charge in [0.05, 0.1) is 23.7 Å². The Balaban J connectivity index is 2.02. The number of non-ortho nitro benzene ring substituents is 1. The SMILES string of the molecule is COc1cccc2cc(/C=C(/C#N)c3ccc([N+](=O)[O-])cc3)oc12. The molecule has 0 N–H and O–H groups in total. The number of benzene rings is 2. The molecule has 0 saturated heterocycles. The summed E-state index contributed by atoms with van der Waals surface area (Å²) in [7, 11) is 1.56. The molecule has 0 spiro atoms. The lowest BCUT2D eigenvalue weighted by Crippen LogP contribution is -1.88. The second-order valence-electron chi connectivity index (χ2n) is 5.00. The van der Waals surface area contributed by atoms with Gasteiger partial charge in [-0.05, 0) is 35.9 Å². The highest BCUT2D eigenvalue weighted by Gasteiger charge is 2.10. The highest BCUT2D eigenvalue weighted by Crippen LogP contribution is 2.30. The van der Waals surface area contributed by atoms with Gasteiger partial charge in [-0.2, -0.15) is 5.26 Å². The number of furan rings is 1. The number of para-hydroxylation sites is 1. The van der Waals surface area contributed by atoms with Gasteiger partial charge in [0.1, 0.15) is 5.76 Å². The normalized spacial score (nSPS) is 11.2. The number of ether oxygens (including phenoxy) is 1. The molecule has 1 aromatic heterocycles. The summed E-state index contributed by atoms with van der Waals surface area (Å²) in [5.74, 6) is 1.12. The predicted molar refractivity (Wildman–Crippen MR) is 89.3 cm³/mol. The van der Waals surface area contributed by atoms with Crippen LogP contribution in [0.25, 0.3) is 22.6 Å². The molecule has 0 saturated carbocycles. The van der Waals surface area contributed by atoms with Crippen LogP contribution in [0.1, 0.15) is 11.3 Å². The minimum atomic E-state index is -0.481. The van der Waals surface area contributed by atoms with Crippen LogP contribution in [0.4, 0.5) is 5.69 Å². The molecular weight excluding hydrogens is 308 g/mol. The third kappa shape index (κ3) is 2.83. The number of nitro groups is 1. The molecular formula is C18H12N2O4. The van der Waals surface area contributed by atoms with Crippen LogP contribution >= 0.6 is 0 Å². The molecule has 0 bridgehead atoms. The summed E-state index contributed by atoms with van der Waals surface area (Å²) in [5, 5.41) is 20.9. The van der Waals surface area contributed by atoms with E-state index in [9.17, 15) is 15.4 Å². The monoisotopic (exact) mass is 320 g/mol. The highest BCUT2D eigenvalue weighted by molar-refractivity contribution is 5.92. The Morgan fingerprint density at radius 1 is 1.29 bits per heavy atom. The summed E-state index contributed by atoms with van der Waals surface area (Å²) >= 11 is 0. The van der Waals surface area contributed by atoms with Crippen LogP contribution in [-0.4, -0.2) is 12.0 Å². The number of hydrogen-bond acceptors (Lipinski definition) is 5.